The number of halogens is 1. The molecule has 6 nitrogen and oxygen atoms in total. The molecule has 1 saturated carbocycles. The Kier molecular flexibility index (Phi) is 7.52. The minimum absolute atomic E-state index is 0.0732. The Bertz CT molecular complexity index is 1110. The van der Waals surface area contributed by atoms with Crippen LogP contribution >= 0.6 is 0 Å². The number of aryl methyl sites for hydroxylation is 1. The van der Waals surface area contributed by atoms with Crippen molar-refractivity contribution < 1.29 is 9.18 Å². The van der Waals surface area contributed by atoms with E-state index in [0.29, 0.717) is 11.4 Å². The first kappa shape index (κ1) is 26.6. The van der Waals surface area contributed by atoms with E-state index in [2.05, 4.69) is 52.2 Å². The van der Waals surface area contributed by atoms with Crippen LogP contribution in [-0.2, 0) is 19.3 Å². The third kappa shape index (κ3) is 5.77. The number of primary amides is 1. The fraction of sp³-hybridized carbons (Fsp3) is 0.655. The number of rotatable bonds is 7. The number of carbonyl (C=O) groups is 1. The first-order chi connectivity index (χ1) is 16.9. The average molecular weight is 498 g/mol. The number of nitrogens with one attached hydrogen (secondary N) is 2. The molecular weight excluding hydrogens is 453 g/mol. The quantitative estimate of drug-likeness (QED) is 0.468. The van der Waals surface area contributed by atoms with Crippen molar-refractivity contribution in [2.24, 2.45) is 16.6 Å². The van der Waals surface area contributed by atoms with Gasteiger partial charge in [0.25, 0.3) is 5.91 Å². The number of aromatic nitrogens is 2. The van der Waals surface area contributed by atoms with Gasteiger partial charge in [0.15, 0.2) is 0 Å². The van der Waals surface area contributed by atoms with Crippen LogP contribution in [0, 0.1) is 16.6 Å². The van der Waals surface area contributed by atoms with Gasteiger partial charge < -0.3 is 16.4 Å². The largest absolute Gasteiger partial charge is 0.380 e. The molecule has 0 bridgehead atoms. The lowest BCUT2D eigenvalue weighted by Crippen LogP contribution is -2.48. The summed E-state index contributed by atoms with van der Waals surface area (Å²) in [5.41, 5.74) is 10.6. The highest BCUT2D eigenvalue weighted by Gasteiger charge is 2.32. The molecule has 36 heavy (non-hydrogen) atoms. The fourth-order valence-electron chi connectivity index (χ4n) is 5.77. The molecule has 2 aromatic rings. The standard InChI is InChI=1S/C29H44FN5O/c1-7-21-19-12-13-29(5,6)16-25(19)35(34-21)18-14-20(30)26(27(31)36)24(15-18)33-23-11-9-8-10-22(23)32-17-28(2,3)4/h14-15,22-23,32-33H,7-13,16-17H2,1-6H3,(H2,31,36)/t22-,23-/m0/s1. The van der Waals surface area contributed by atoms with Crippen molar-refractivity contribution in [2.75, 3.05) is 11.9 Å². The maximum atomic E-state index is 15.5. The molecule has 1 aromatic heterocycles. The van der Waals surface area contributed by atoms with Crippen molar-refractivity contribution >= 4 is 11.6 Å². The van der Waals surface area contributed by atoms with Gasteiger partial charge in [0.2, 0.25) is 0 Å². The van der Waals surface area contributed by atoms with Gasteiger partial charge in [0, 0.05) is 30.4 Å². The van der Waals surface area contributed by atoms with E-state index in [-0.39, 0.29) is 28.5 Å². The van der Waals surface area contributed by atoms with Crippen molar-refractivity contribution in [3.8, 4) is 5.69 Å². The second kappa shape index (κ2) is 10.2. The molecule has 1 aromatic carbocycles. The molecule has 2 atom stereocenters. The summed E-state index contributed by atoms with van der Waals surface area (Å²) in [5.74, 6) is -1.36. The van der Waals surface area contributed by atoms with Gasteiger partial charge in [-0.05, 0) is 61.0 Å². The molecule has 7 heteroatoms. The first-order valence-electron chi connectivity index (χ1n) is 13.6. The fourth-order valence-corrected chi connectivity index (χ4v) is 5.77. The monoisotopic (exact) mass is 497 g/mol. The van der Waals surface area contributed by atoms with Crippen LogP contribution in [0.4, 0.5) is 10.1 Å². The molecule has 1 heterocycles. The summed E-state index contributed by atoms with van der Waals surface area (Å²) in [6, 6.07) is 3.61. The average Bonchev–Trinajstić information content (AvgIpc) is 3.14. The molecule has 2 aliphatic rings. The molecule has 0 radical (unpaired) electrons. The van der Waals surface area contributed by atoms with Gasteiger partial charge in [0.1, 0.15) is 5.82 Å². The highest BCUT2D eigenvalue weighted by Crippen LogP contribution is 2.38. The predicted octanol–water partition coefficient (Wildman–Crippen LogP) is 5.55. The van der Waals surface area contributed by atoms with Gasteiger partial charge in [-0.25, -0.2) is 9.07 Å². The zero-order valence-electron chi connectivity index (χ0n) is 22.9. The number of hydrogen-bond donors (Lipinski definition) is 3. The van der Waals surface area contributed by atoms with Gasteiger partial charge in [-0.2, -0.15) is 5.10 Å². The Hall–Kier alpha value is -2.41. The first-order valence-corrected chi connectivity index (χ1v) is 13.6. The number of hydrogen-bond acceptors (Lipinski definition) is 4. The molecule has 2 aliphatic carbocycles. The van der Waals surface area contributed by atoms with Crippen molar-refractivity contribution in [1.82, 2.24) is 15.1 Å². The van der Waals surface area contributed by atoms with E-state index in [1.165, 1.54) is 11.6 Å². The molecule has 4 N–H and O–H groups in total. The Morgan fingerprint density at radius 3 is 2.56 bits per heavy atom. The van der Waals surface area contributed by atoms with Crippen molar-refractivity contribution in [3.05, 3.63) is 40.5 Å². The van der Waals surface area contributed by atoms with Gasteiger partial charge in [-0.15, -0.1) is 0 Å². The SMILES string of the molecule is CCc1nn(-c2cc(F)c(C(N)=O)c(N[C@H]3CCCC[C@@H]3NCC(C)(C)C)c2)c2c1CCC(C)(C)C2. The lowest BCUT2D eigenvalue weighted by atomic mass is 9.76. The number of carbonyl (C=O) groups excluding carboxylic acids is 1. The van der Waals surface area contributed by atoms with E-state index in [0.717, 1.165) is 69.3 Å². The summed E-state index contributed by atoms with van der Waals surface area (Å²) in [5, 5.41) is 12.2. The van der Waals surface area contributed by atoms with Crippen LogP contribution in [0.3, 0.4) is 0 Å². The van der Waals surface area contributed by atoms with E-state index in [1.807, 2.05) is 10.7 Å². The molecule has 1 amide bonds. The smallest absolute Gasteiger partial charge is 0.253 e. The zero-order chi connectivity index (χ0) is 26.3. The van der Waals surface area contributed by atoms with Gasteiger partial charge >= 0.3 is 0 Å². The van der Waals surface area contributed by atoms with Crippen LogP contribution in [0.5, 0.6) is 0 Å². The molecular formula is C29H44FN5O. The minimum atomic E-state index is -0.755. The number of nitrogens with zero attached hydrogens (tertiary/aromatic N) is 2. The highest BCUT2D eigenvalue weighted by molar-refractivity contribution is 5.99. The molecule has 0 unspecified atom stereocenters. The van der Waals surface area contributed by atoms with Crippen molar-refractivity contribution in [2.45, 2.75) is 105 Å². The topological polar surface area (TPSA) is 85.0 Å². The normalized spacial score (nSPS) is 21.8. The van der Waals surface area contributed by atoms with E-state index < -0.39 is 11.7 Å². The summed E-state index contributed by atoms with van der Waals surface area (Å²) in [4.78, 5) is 12.3. The van der Waals surface area contributed by atoms with Crippen LogP contribution in [-0.4, -0.2) is 34.3 Å². The molecule has 4 rings (SSSR count). The van der Waals surface area contributed by atoms with Gasteiger partial charge in [-0.3, -0.25) is 4.79 Å². The van der Waals surface area contributed by atoms with Crippen molar-refractivity contribution in [3.63, 3.8) is 0 Å². The van der Waals surface area contributed by atoms with E-state index in [4.69, 9.17) is 10.8 Å². The van der Waals surface area contributed by atoms with Gasteiger partial charge in [-0.1, -0.05) is 54.4 Å². The van der Waals surface area contributed by atoms with Crippen LogP contribution < -0.4 is 16.4 Å². The number of fused-ring (bicyclic) bond motifs is 1. The second-order valence-electron chi connectivity index (χ2n) is 12.8. The number of amides is 1. The molecule has 1 fully saturated rings. The second-order valence-corrected chi connectivity index (χ2v) is 12.8. The van der Waals surface area contributed by atoms with E-state index >= 15 is 4.39 Å². The molecule has 0 saturated heterocycles. The van der Waals surface area contributed by atoms with E-state index in [9.17, 15) is 4.79 Å². The van der Waals surface area contributed by atoms with Crippen LogP contribution in [0.1, 0.15) is 101 Å². The van der Waals surface area contributed by atoms with Crippen molar-refractivity contribution in [1.29, 1.82) is 0 Å². The molecule has 0 spiro atoms. The maximum Gasteiger partial charge on any atom is 0.253 e. The zero-order valence-corrected chi connectivity index (χ0v) is 22.9. The minimum Gasteiger partial charge on any atom is -0.380 e. The number of benzene rings is 1. The lowest BCUT2D eigenvalue weighted by Gasteiger charge is -2.36. The van der Waals surface area contributed by atoms with Crippen LogP contribution in [0.2, 0.25) is 0 Å². The Labute approximate surface area is 215 Å². The van der Waals surface area contributed by atoms with Crippen LogP contribution in [0.25, 0.3) is 5.69 Å². The molecule has 198 valence electrons. The van der Waals surface area contributed by atoms with Crippen LogP contribution in [0.15, 0.2) is 12.1 Å². The van der Waals surface area contributed by atoms with E-state index in [1.54, 1.807) is 0 Å². The lowest BCUT2D eigenvalue weighted by molar-refractivity contribution is 0.0997. The third-order valence-corrected chi connectivity index (χ3v) is 7.77. The summed E-state index contributed by atoms with van der Waals surface area (Å²) in [6.45, 7) is 14.2. The predicted molar refractivity (Wildman–Crippen MR) is 144 cm³/mol. The summed E-state index contributed by atoms with van der Waals surface area (Å²) in [6.07, 6.45) is 8.09. The Balaban J connectivity index is 1.73. The maximum absolute atomic E-state index is 15.5. The third-order valence-electron chi connectivity index (χ3n) is 7.77. The van der Waals surface area contributed by atoms with Gasteiger partial charge in [0.05, 0.1) is 22.6 Å². The summed E-state index contributed by atoms with van der Waals surface area (Å²) >= 11 is 0. The number of nitrogens with two attached hydrogens (primary N) is 1. The highest BCUT2D eigenvalue weighted by atomic mass is 19.1. The summed E-state index contributed by atoms with van der Waals surface area (Å²) < 4.78 is 17.4. The summed E-state index contributed by atoms with van der Waals surface area (Å²) in [7, 11) is 0. The Morgan fingerprint density at radius 1 is 1.22 bits per heavy atom. The Morgan fingerprint density at radius 2 is 1.92 bits per heavy atom. The number of anilines is 1. The molecule has 0 aliphatic heterocycles.